The molecule has 9 heteroatoms. The van der Waals surface area contributed by atoms with E-state index in [1.165, 1.54) is 6.92 Å². The van der Waals surface area contributed by atoms with Crippen LogP contribution in [0.5, 0.6) is 0 Å². The molecule has 0 aromatic rings. The first-order valence-corrected chi connectivity index (χ1v) is 5.40. The highest BCUT2D eigenvalue weighted by Gasteiger charge is 2.63. The summed E-state index contributed by atoms with van der Waals surface area (Å²) in [5.41, 5.74) is 0. The Balaban J connectivity index is 4.92. The van der Waals surface area contributed by atoms with Crippen LogP contribution in [0.3, 0.4) is 0 Å². The number of rotatable bonds is 6. The average Bonchev–Trinajstić information content (AvgIpc) is 2.13. The minimum absolute atomic E-state index is 0.230. The standard InChI is InChI=1S/C7H10F4O4P/c1-3-14-16(13)6(15-4(2)12)7(10,11)5(8)9/h5-6H,3H2,1-2H3/q+1. The van der Waals surface area contributed by atoms with Crippen LogP contribution in [0, 0.1) is 0 Å². The lowest BCUT2D eigenvalue weighted by Gasteiger charge is -2.16. The maximum absolute atomic E-state index is 12.9. The van der Waals surface area contributed by atoms with Crippen molar-refractivity contribution in [1.82, 2.24) is 0 Å². The Labute approximate surface area is 89.8 Å². The lowest BCUT2D eigenvalue weighted by atomic mass is 10.4. The van der Waals surface area contributed by atoms with Crippen LogP contribution in [0.1, 0.15) is 13.8 Å². The summed E-state index contributed by atoms with van der Waals surface area (Å²) >= 11 is 0. The van der Waals surface area contributed by atoms with Crippen molar-refractivity contribution in [1.29, 1.82) is 0 Å². The van der Waals surface area contributed by atoms with E-state index < -0.39 is 32.2 Å². The summed E-state index contributed by atoms with van der Waals surface area (Å²) in [6.45, 7) is 1.84. The summed E-state index contributed by atoms with van der Waals surface area (Å²) in [4.78, 5) is 10.4. The van der Waals surface area contributed by atoms with Gasteiger partial charge in [-0.2, -0.15) is 8.78 Å². The zero-order valence-corrected chi connectivity index (χ0v) is 9.35. The lowest BCUT2D eigenvalue weighted by Crippen LogP contribution is -2.41. The molecule has 94 valence electrons. The molecule has 0 fully saturated rings. The summed E-state index contributed by atoms with van der Waals surface area (Å²) in [7, 11) is -3.22. The van der Waals surface area contributed by atoms with Crippen LogP contribution in [0.15, 0.2) is 0 Å². The number of halogens is 4. The monoisotopic (exact) mass is 265 g/mol. The molecule has 4 nitrogen and oxygen atoms in total. The zero-order valence-electron chi connectivity index (χ0n) is 8.45. The molecule has 0 bridgehead atoms. The van der Waals surface area contributed by atoms with Gasteiger partial charge in [-0.3, -0.25) is 4.79 Å². The van der Waals surface area contributed by atoms with Gasteiger partial charge in [0.1, 0.15) is 0 Å². The molecule has 0 heterocycles. The van der Waals surface area contributed by atoms with Gasteiger partial charge in [0.05, 0.1) is 6.61 Å². The number of carbonyl (C=O) groups excluding carboxylic acids is 1. The third-order valence-corrected chi connectivity index (χ3v) is 2.69. The van der Waals surface area contributed by atoms with Crippen molar-refractivity contribution < 1.29 is 36.2 Å². The minimum Gasteiger partial charge on any atom is -0.409 e. The highest BCUT2D eigenvalue weighted by Crippen LogP contribution is 2.43. The molecule has 2 unspecified atom stereocenters. The van der Waals surface area contributed by atoms with Gasteiger partial charge in [0, 0.05) is 6.92 Å². The third kappa shape index (κ3) is 4.02. The molecule has 0 saturated carbocycles. The molecule has 0 aliphatic rings. The van der Waals surface area contributed by atoms with Gasteiger partial charge in [0.15, 0.2) is 0 Å². The fourth-order valence-corrected chi connectivity index (χ4v) is 1.74. The summed E-state index contributed by atoms with van der Waals surface area (Å²) in [6, 6.07) is 0. The normalized spacial score (nSPS) is 14.8. The van der Waals surface area contributed by atoms with Crippen molar-refractivity contribution in [2.45, 2.75) is 32.0 Å². The maximum Gasteiger partial charge on any atom is 0.560 e. The van der Waals surface area contributed by atoms with E-state index in [-0.39, 0.29) is 6.61 Å². The van der Waals surface area contributed by atoms with Crippen LogP contribution < -0.4 is 0 Å². The van der Waals surface area contributed by atoms with Crippen LogP contribution in [-0.2, 0) is 18.6 Å². The van der Waals surface area contributed by atoms with Gasteiger partial charge in [-0.1, -0.05) is 0 Å². The molecule has 0 radical (unpaired) electrons. The molecular formula is C7H10F4O4P+. The summed E-state index contributed by atoms with van der Waals surface area (Å²) in [5.74, 6) is -8.73. The summed E-state index contributed by atoms with van der Waals surface area (Å²) < 4.78 is 68.9. The van der Waals surface area contributed by atoms with Gasteiger partial charge < -0.3 is 4.74 Å². The minimum atomic E-state index is -4.71. The van der Waals surface area contributed by atoms with Crippen LogP contribution in [0.25, 0.3) is 0 Å². The van der Waals surface area contributed by atoms with Crippen molar-refractivity contribution in [3.05, 3.63) is 0 Å². The molecule has 0 spiro atoms. The second-order valence-electron chi connectivity index (χ2n) is 2.64. The average molecular weight is 265 g/mol. The quantitative estimate of drug-likeness (QED) is 0.420. The fourth-order valence-electron chi connectivity index (χ4n) is 0.722. The molecule has 0 aliphatic heterocycles. The third-order valence-electron chi connectivity index (χ3n) is 1.35. The van der Waals surface area contributed by atoms with Crippen molar-refractivity contribution in [3.8, 4) is 0 Å². The van der Waals surface area contributed by atoms with E-state index in [0.717, 1.165) is 6.92 Å². The maximum atomic E-state index is 12.9. The Morgan fingerprint density at radius 2 is 1.94 bits per heavy atom. The van der Waals surface area contributed by atoms with Crippen molar-refractivity contribution >= 4 is 14.0 Å². The van der Waals surface area contributed by atoms with Crippen LogP contribution in [-0.4, -0.2) is 30.8 Å². The molecule has 0 saturated heterocycles. The predicted octanol–water partition coefficient (Wildman–Crippen LogP) is 2.55. The molecule has 0 aliphatic carbocycles. The second-order valence-corrected chi connectivity index (χ2v) is 3.94. The van der Waals surface area contributed by atoms with Gasteiger partial charge >= 0.3 is 32.2 Å². The topological polar surface area (TPSA) is 52.6 Å². The predicted molar refractivity (Wildman–Crippen MR) is 45.7 cm³/mol. The van der Waals surface area contributed by atoms with Crippen molar-refractivity contribution in [2.75, 3.05) is 6.61 Å². The van der Waals surface area contributed by atoms with Crippen LogP contribution in [0.4, 0.5) is 17.6 Å². The van der Waals surface area contributed by atoms with E-state index in [1.54, 1.807) is 0 Å². The van der Waals surface area contributed by atoms with E-state index in [2.05, 4.69) is 9.26 Å². The number of hydrogen-bond donors (Lipinski definition) is 0. The molecule has 16 heavy (non-hydrogen) atoms. The second kappa shape index (κ2) is 6.10. The van der Waals surface area contributed by atoms with Crippen LogP contribution in [0.2, 0.25) is 0 Å². The van der Waals surface area contributed by atoms with Gasteiger partial charge in [0.2, 0.25) is 0 Å². The van der Waals surface area contributed by atoms with E-state index in [4.69, 9.17) is 0 Å². The number of carbonyl (C=O) groups is 1. The molecule has 0 N–H and O–H groups in total. The Hall–Kier alpha value is -0.750. The first-order chi connectivity index (χ1) is 7.23. The summed E-state index contributed by atoms with van der Waals surface area (Å²) in [6.07, 6.45) is -4.10. The smallest absolute Gasteiger partial charge is 0.409 e. The Kier molecular flexibility index (Phi) is 5.81. The van der Waals surface area contributed by atoms with E-state index in [9.17, 15) is 26.9 Å². The molecule has 0 aromatic carbocycles. The van der Waals surface area contributed by atoms with Crippen molar-refractivity contribution in [2.24, 2.45) is 0 Å². The summed E-state index contributed by atoms with van der Waals surface area (Å²) in [5, 5.41) is 0. The molecule has 0 rings (SSSR count). The lowest BCUT2D eigenvalue weighted by molar-refractivity contribution is -0.190. The Bertz CT molecular complexity index is 271. The van der Waals surface area contributed by atoms with Gasteiger partial charge in [-0.15, -0.1) is 4.52 Å². The zero-order chi connectivity index (χ0) is 12.9. The molecule has 0 aromatic heterocycles. The van der Waals surface area contributed by atoms with Gasteiger partial charge in [-0.05, 0) is 11.5 Å². The molecule has 2 atom stereocenters. The first kappa shape index (κ1) is 15.2. The number of ether oxygens (including phenoxy) is 1. The highest BCUT2D eigenvalue weighted by molar-refractivity contribution is 7.39. The number of esters is 1. The van der Waals surface area contributed by atoms with E-state index in [1.807, 2.05) is 0 Å². The van der Waals surface area contributed by atoms with Gasteiger partial charge in [0.25, 0.3) is 0 Å². The van der Waals surface area contributed by atoms with Crippen LogP contribution >= 0.6 is 8.03 Å². The first-order valence-electron chi connectivity index (χ1n) is 4.15. The molecular weight excluding hydrogens is 255 g/mol. The number of alkyl halides is 4. The van der Waals surface area contributed by atoms with Gasteiger partial charge in [-0.25, -0.2) is 8.78 Å². The largest absolute Gasteiger partial charge is 0.560 e. The Morgan fingerprint density at radius 3 is 2.25 bits per heavy atom. The highest BCUT2D eigenvalue weighted by atomic mass is 31.1. The fraction of sp³-hybridized carbons (Fsp3) is 0.857. The SMILES string of the molecule is CCO[P+](=O)C(OC(C)=O)C(F)(F)C(F)F. The Morgan fingerprint density at radius 1 is 1.44 bits per heavy atom. The van der Waals surface area contributed by atoms with E-state index in [0.29, 0.717) is 0 Å². The van der Waals surface area contributed by atoms with E-state index >= 15 is 0 Å². The number of hydrogen-bond acceptors (Lipinski definition) is 4. The van der Waals surface area contributed by atoms with Crippen molar-refractivity contribution in [3.63, 3.8) is 0 Å². The molecule has 0 amide bonds.